The van der Waals surface area contributed by atoms with E-state index in [1.807, 2.05) is 0 Å². The van der Waals surface area contributed by atoms with Crippen LogP contribution in [0.25, 0.3) is 0 Å². The van der Waals surface area contributed by atoms with Gasteiger partial charge in [-0.05, 0) is 123 Å². The van der Waals surface area contributed by atoms with Crippen LogP contribution in [-0.4, -0.2) is 12.1 Å². The van der Waals surface area contributed by atoms with E-state index < -0.39 is 0 Å². The van der Waals surface area contributed by atoms with Gasteiger partial charge in [-0.1, -0.05) is 46.8 Å². The molecule has 0 unspecified atom stereocenters. The molecule has 0 aromatic heterocycles. The van der Waals surface area contributed by atoms with Crippen LogP contribution in [0, 0.1) is 51.2 Å². The first-order chi connectivity index (χ1) is 15.5. The van der Waals surface area contributed by atoms with Crippen molar-refractivity contribution in [2.24, 2.45) is 51.2 Å². The lowest BCUT2D eigenvalue weighted by atomic mass is 9.46. The van der Waals surface area contributed by atoms with Crippen LogP contribution in [0.5, 0.6) is 0 Å². The van der Waals surface area contributed by atoms with Crippen molar-refractivity contribution in [2.75, 3.05) is 0 Å². The van der Waals surface area contributed by atoms with E-state index in [1.165, 1.54) is 76.2 Å². The number of rotatable bonds is 6. The van der Waals surface area contributed by atoms with Gasteiger partial charge in [0.2, 0.25) is 0 Å². The van der Waals surface area contributed by atoms with E-state index in [1.54, 1.807) is 6.92 Å². The smallest absolute Gasteiger partial charge is 0.302 e. The Morgan fingerprint density at radius 3 is 2.39 bits per heavy atom. The Morgan fingerprint density at radius 1 is 0.970 bits per heavy atom. The summed E-state index contributed by atoms with van der Waals surface area (Å²) in [6.07, 6.45) is 16.7. The molecule has 5 aliphatic carbocycles. The zero-order chi connectivity index (χ0) is 23.8. The highest BCUT2D eigenvalue weighted by atomic mass is 16.5. The maximum Gasteiger partial charge on any atom is 0.302 e. The van der Waals surface area contributed by atoms with E-state index >= 15 is 0 Å². The lowest BCUT2D eigenvalue weighted by Gasteiger charge is -2.59. The van der Waals surface area contributed by atoms with E-state index in [2.05, 4.69) is 41.2 Å². The molecular formula is C31H50O2. The molecule has 0 N–H and O–H groups in total. The van der Waals surface area contributed by atoms with Crippen LogP contribution >= 0.6 is 0 Å². The maximum atomic E-state index is 11.8. The van der Waals surface area contributed by atoms with Crippen LogP contribution in [0.1, 0.15) is 119 Å². The third kappa shape index (κ3) is 3.35. The number of carbonyl (C=O) groups excluding carboxylic acids is 1. The summed E-state index contributed by atoms with van der Waals surface area (Å²) in [5.74, 6) is 4.13. The van der Waals surface area contributed by atoms with E-state index in [-0.39, 0.29) is 17.5 Å². The lowest BCUT2D eigenvalue weighted by molar-refractivity contribution is -0.173. The summed E-state index contributed by atoms with van der Waals surface area (Å²) in [4.78, 5) is 11.8. The van der Waals surface area contributed by atoms with Gasteiger partial charge in [0.25, 0.3) is 0 Å². The van der Waals surface area contributed by atoms with Gasteiger partial charge in [-0.15, -0.1) is 0 Å². The van der Waals surface area contributed by atoms with Gasteiger partial charge in [0.1, 0.15) is 6.10 Å². The Labute approximate surface area is 203 Å². The number of esters is 1. The molecule has 0 saturated heterocycles. The summed E-state index contributed by atoms with van der Waals surface area (Å²) >= 11 is 0. The standard InChI is InChI=1S/C31H50O2/c1-20(2)21(3)9-8-10-23-11-12-24-25-13-14-26-28(5,6)27(33-22(4)32)15-16-31(26)19-30(25,31)18-17-29(23,24)7/h20,23-27H,3,8-19H2,1-2,4-7H3/t23-,24+,25-,26-,27-,29+,30-,31+/m0/s1. The van der Waals surface area contributed by atoms with Gasteiger partial charge in [-0.2, -0.15) is 0 Å². The molecule has 2 spiro atoms. The molecule has 5 fully saturated rings. The fraction of sp³-hybridized carbons (Fsp3) is 0.903. The minimum absolute atomic E-state index is 0.0920. The second-order valence-electron chi connectivity index (χ2n) is 14.3. The first kappa shape index (κ1) is 23.9. The molecule has 0 radical (unpaired) electrons. The van der Waals surface area contributed by atoms with E-state index in [9.17, 15) is 4.79 Å². The van der Waals surface area contributed by atoms with Crippen LogP contribution in [0.4, 0.5) is 0 Å². The van der Waals surface area contributed by atoms with Crippen LogP contribution in [-0.2, 0) is 9.53 Å². The van der Waals surface area contributed by atoms with Gasteiger partial charge < -0.3 is 4.74 Å². The molecule has 5 saturated carbocycles. The topological polar surface area (TPSA) is 26.3 Å². The molecule has 0 aromatic rings. The summed E-state index contributed by atoms with van der Waals surface area (Å²) in [6, 6.07) is 0. The van der Waals surface area contributed by atoms with Crippen molar-refractivity contribution < 1.29 is 9.53 Å². The second kappa shape index (κ2) is 7.86. The molecule has 2 heteroatoms. The summed E-state index contributed by atoms with van der Waals surface area (Å²) in [6.45, 7) is 18.0. The first-order valence-corrected chi connectivity index (χ1v) is 14.3. The molecular weight excluding hydrogens is 404 g/mol. The average Bonchev–Trinajstić information content (AvgIpc) is 3.29. The zero-order valence-electron chi connectivity index (χ0n) is 22.5. The molecule has 0 bridgehead atoms. The van der Waals surface area contributed by atoms with Gasteiger partial charge in [-0.25, -0.2) is 0 Å². The average molecular weight is 455 g/mol. The highest BCUT2D eigenvalue weighted by molar-refractivity contribution is 5.66. The molecule has 0 aliphatic heterocycles. The predicted octanol–water partition coefficient (Wildman–Crippen LogP) is 8.35. The van der Waals surface area contributed by atoms with Gasteiger partial charge in [-0.3, -0.25) is 4.79 Å². The number of carbonyl (C=O) groups is 1. The largest absolute Gasteiger partial charge is 0.462 e. The van der Waals surface area contributed by atoms with Gasteiger partial charge in [0.05, 0.1) is 0 Å². The van der Waals surface area contributed by atoms with Crippen molar-refractivity contribution in [1.29, 1.82) is 0 Å². The van der Waals surface area contributed by atoms with E-state index in [0.717, 1.165) is 30.1 Å². The summed E-state index contributed by atoms with van der Waals surface area (Å²) in [7, 11) is 0. The second-order valence-corrected chi connectivity index (χ2v) is 14.3. The quantitative estimate of drug-likeness (QED) is 0.298. The molecule has 33 heavy (non-hydrogen) atoms. The van der Waals surface area contributed by atoms with Gasteiger partial charge in [0.15, 0.2) is 0 Å². The molecule has 5 rings (SSSR count). The summed E-state index contributed by atoms with van der Waals surface area (Å²) in [5, 5.41) is 0. The van der Waals surface area contributed by atoms with Crippen LogP contribution in [0.3, 0.4) is 0 Å². The normalized spacial score (nSPS) is 47.2. The van der Waals surface area contributed by atoms with Crippen molar-refractivity contribution in [3.8, 4) is 0 Å². The van der Waals surface area contributed by atoms with Gasteiger partial charge in [0, 0.05) is 12.3 Å². The lowest BCUT2D eigenvalue weighted by Crippen LogP contribution is -2.54. The molecule has 0 amide bonds. The zero-order valence-corrected chi connectivity index (χ0v) is 22.5. The SMILES string of the molecule is C=C(CCC[C@H]1CC[C@@H]2[C@@H]3CC[C@H]4C(C)(C)[C@@H](OC(C)=O)CC[C@@]45C[C@@]35CC[C@]12C)C(C)C. The maximum absolute atomic E-state index is 11.8. The third-order valence-electron chi connectivity index (χ3n) is 12.6. The van der Waals surface area contributed by atoms with Crippen molar-refractivity contribution in [3.63, 3.8) is 0 Å². The molecule has 2 nitrogen and oxygen atoms in total. The van der Waals surface area contributed by atoms with Crippen LogP contribution < -0.4 is 0 Å². The number of hydrogen-bond acceptors (Lipinski definition) is 2. The number of hydrogen-bond donors (Lipinski definition) is 0. The molecule has 5 aliphatic rings. The van der Waals surface area contributed by atoms with Crippen molar-refractivity contribution in [3.05, 3.63) is 12.2 Å². The van der Waals surface area contributed by atoms with Crippen molar-refractivity contribution in [2.45, 2.75) is 125 Å². The highest BCUT2D eigenvalue weighted by Gasteiger charge is 2.80. The van der Waals surface area contributed by atoms with Crippen LogP contribution in [0.2, 0.25) is 0 Å². The molecule has 186 valence electrons. The van der Waals surface area contributed by atoms with E-state index in [0.29, 0.717) is 22.2 Å². The Bertz CT molecular complexity index is 810. The minimum atomic E-state index is -0.0920. The fourth-order valence-corrected chi connectivity index (χ4v) is 10.7. The highest BCUT2D eigenvalue weighted by Crippen LogP contribution is 2.87. The van der Waals surface area contributed by atoms with Crippen molar-refractivity contribution in [1.82, 2.24) is 0 Å². The number of allylic oxidation sites excluding steroid dienone is 1. The van der Waals surface area contributed by atoms with Crippen molar-refractivity contribution >= 4 is 5.97 Å². The molecule has 0 heterocycles. The van der Waals surface area contributed by atoms with Crippen LogP contribution in [0.15, 0.2) is 12.2 Å². The Morgan fingerprint density at radius 2 is 1.70 bits per heavy atom. The fourth-order valence-electron chi connectivity index (χ4n) is 10.7. The Balaban J connectivity index is 1.30. The Hall–Kier alpha value is -0.790. The first-order valence-electron chi connectivity index (χ1n) is 14.3. The monoisotopic (exact) mass is 454 g/mol. The molecule has 8 atom stereocenters. The Kier molecular flexibility index (Phi) is 5.70. The van der Waals surface area contributed by atoms with Gasteiger partial charge >= 0.3 is 5.97 Å². The summed E-state index contributed by atoms with van der Waals surface area (Å²) < 4.78 is 5.88. The summed E-state index contributed by atoms with van der Waals surface area (Å²) in [5.41, 5.74) is 3.33. The predicted molar refractivity (Wildman–Crippen MR) is 136 cm³/mol. The minimum Gasteiger partial charge on any atom is -0.462 e. The number of fused-ring (bicyclic) bond motifs is 2. The number of ether oxygens (including phenoxy) is 1. The third-order valence-corrected chi connectivity index (χ3v) is 12.6. The molecule has 0 aromatic carbocycles. The van der Waals surface area contributed by atoms with E-state index in [4.69, 9.17) is 4.74 Å².